The molecule has 5 aromatic rings. The number of benzene rings is 4. The summed E-state index contributed by atoms with van der Waals surface area (Å²) in [5, 5.41) is 5.09. The molecule has 0 atom stereocenters. The molecular weight excluding hydrogens is 582 g/mol. The zero-order chi connectivity index (χ0) is 31.3. The zero-order valence-corrected chi connectivity index (χ0v) is 26.4. The summed E-state index contributed by atoms with van der Waals surface area (Å²) in [5.41, 5.74) is 9.55. The standard InChI is InChI=1S/C37H40ClN5O2/c1-43(22-8-20-39)23-9-21-40-37-32-17-16-31(38)25-33(32)41-36(42-37)19-15-28-14-18-34(44-26-29-10-4-2-5-11-29)35(24-28)45-27-30-12-6-3-7-13-30/h2-7,10-19,24-25H,8-9,20-23,26-27,39H2,1H3,(H,40,41,42). The minimum atomic E-state index is 0.433. The third kappa shape index (κ3) is 9.78. The van der Waals surface area contributed by atoms with Crippen molar-refractivity contribution >= 4 is 40.5 Å². The lowest BCUT2D eigenvalue weighted by Gasteiger charge is -2.16. The summed E-state index contributed by atoms with van der Waals surface area (Å²) < 4.78 is 12.4. The van der Waals surface area contributed by atoms with Gasteiger partial charge in [-0.2, -0.15) is 0 Å². The lowest BCUT2D eigenvalue weighted by atomic mass is 10.1. The second-order valence-corrected chi connectivity index (χ2v) is 11.3. The Balaban J connectivity index is 1.34. The van der Waals surface area contributed by atoms with Gasteiger partial charge < -0.3 is 25.4 Å². The molecule has 45 heavy (non-hydrogen) atoms. The second-order valence-electron chi connectivity index (χ2n) is 10.9. The third-order valence-electron chi connectivity index (χ3n) is 7.30. The van der Waals surface area contributed by atoms with Crippen molar-refractivity contribution in [2.75, 3.05) is 38.5 Å². The normalized spacial score (nSPS) is 11.4. The Morgan fingerprint density at radius 1 is 0.778 bits per heavy atom. The molecule has 0 amide bonds. The molecule has 0 fully saturated rings. The topological polar surface area (TPSA) is 85.5 Å². The van der Waals surface area contributed by atoms with Crippen molar-refractivity contribution < 1.29 is 9.47 Å². The summed E-state index contributed by atoms with van der Waals surface area (Å²) in [4.78, 5) is 11.9. The Morgan fingerprint density at radius 2 is 1.47 bits per heavy atom. The van der Waals surface area contributed by atoms with Gasteiger partial charge in [-0.25, -0.2) is 9.97 Å². The molecule has 0 radical (unpaired) electrons. The Labute approximate surface area is 270 Å². The predicted octanol–water partition coefficient (Wildman–Crippen LogP) is 7.69. The number of aromatic nitrogens is 2. The monoisotopic (exact) mass is 621 g/mol. The van der Waals surface area contributed by atoms with Gasteiger partial charge in [0.2, 0.25) is 0 Å². The Bertz CT molecular complexity index is 1680. The lowest BCUT2D eigenvalue weighted by Crippen LogP contribution is -2.24. The molecule has 7 nitrogen and oxygen atoms in total. The van der Waals surface area contributed by atoms with Gasteiger partial charge in [0.25, 0.3) is 0 Å². The van der Waals surface area contributed by atoms with Crippen LogP contribution in [0.3, 0.4) is 0 Å². The fourth-order valence-electron chi connectivity index (χ4n) is 4.86. The lowest BCUT2D eigenvalue weighted by molar-refractivity contribution is 0.256. The number of hydrogen-bond donors (Lipinski definition) is 2. The molecule has 0 unspecified atom stereocenters. The maximum absolute atomic E-state index is 6.33. The van der Waals surface area contributed by atoms with E-state index in [4.69, 9.17) is 36.8 Å². The van der Waals surface area contributed by atoms with E-state index in [9.17, 15) is 0 Å². The van der Waals surface area contributed by atoms with Crippen molar-refractivity contribution in [1.82, 2.24) is 14.9 Å². The summed E-state index contributed by atoms with van der Waals surface area (Å²) in [6.07, 6.45) is 5.88. The molecule has 1 aromatic heterocycles. The molecule has 0 saturated heterocycles. The maximum atomic E-state index is 6.33. The second kappa shape index (κ2) is 16.6. The number of nitrogens with two attached hydrogens (primary N) is 1. The molecule has 1 heterocycles. The first-order valence-electron chi connectivity index (χ1n) is 15.3. The van der Waals surface area contributed by atoms with Crippen LogP contribution in [0, 0.1) is 0 Å². The fraction of sp³-hybridized carbons (Fsp3) is 0.243. The van der Waals surface area contributed by atoms with Crippen molar-refractivity contribution in [3.63, 3.8) is 0 Å². The zero-order valence-electron chi connectivity index (χ0n) is 25.7. The average Bonchev–Trinajstić information content (AvgIpc) is 3.07. The van der Waals surface area contributed by atoms with Gasteiger partial charge in [0.1, 0.15) is 19.0 Å². The van der Waals surface area contributed by atoms with Gasteiger partial charge in [-0.05, 0) is 92.6 Å². The predicted molar refractivity (Wildman–Crippen MR) is 186 cm³/mol. The summed E-state index contributed by atoms with van der Waals surface area (Å²) in [6, 6.07) is 31.8. The van der Waals surface area contributed by atoms with Crippen LogP contribution in [0.1, 0.15) is 35.4 Å². The highest BCUT2D eigenvalue weighted by Crippen LogP contribution is 2.31. The Hall–Kier alpha value is -4.43. The van der Waals surface area contributed by atoms with E-state index in [0.717, 1.165) is 65.9 Å². The third-order valence-corrected chi connectivity index (χ3v) is 7.53. The molecule has 0 aliphatic rings. The largest absolute Gasteiger partial charge is 0.485 e. The van der Waals surface area contributed by atoms with Crippen molar-refractivity contribution in [2.45, 2.75) is 26.1 Å². The van der Waals surface area contributed by atoms with Crippen LogP contribution in [0.5, 0.6) is 11.5 Å². The van der Waals surface area contributed by atoms with Crippen LogP contribution in [0.15, 0.2) is 97.1 Å². The number of ether oxygens (including phenoxy) is 2. The number of hydrogen-bond acceptors (Lipinski definition) is 7. The van der Waals surface area contributed by atoms with E-state index in [1.165, 1.54) is 0 Å². The van der Waals surface area contributed by atoms with E-state index in [2.05, 4.69) is 17.3 Å². The minimum Gasteiger partial charge on any atom is -0.485 e. The van der Waals surface area contributed by atoms with E-state index in [1.54, 1.807) is 0 Å². The molecule has 0 spiro atoms. The molecule has 0 aliphatic carbocycles. The SMILES string of the molecule is CN(CCCN)CCCNc1nc(C=Cc2ccc(OCc3ccccc3)c(OCc3ccccc3)c2)nc2cc(Cl)ccc12. The van der Waals surface area contributed by atoms with E-state index >= 15 is 0 Å². The highest BCUT2D eigenvalue weighted by Gasteiger charge is 2.10. The van der Waals surface area contributed by atoms with E-state index < -0.39 is 0 Å². The molecule has 232 valence electrons. The van der Waals surface area contributed by atoms with Gasteiger partial charge in [0.05, 0.1) is 5.52 Å². The summed E-state index contributed by atoms with van der Waals surface area (Å²) in [5.74, 6) is 2.73. The van der Waals surface area contributed by atoms with Gasteiger partial charge in [-0.3, -0.25) is 0 Å². The molecule has 3 N–H and O–H groups in total. The highest BCUT2D eigenvalue weighted by molar-refractivity contribution is 6.31. The Morgan fingerprint density at radius 3 is 2.18 bits per heavy atom. The van der Waals surface area contributed by atoms with Crippen molar-refractivity contribution in [3.8, 4) is 11.5 Å². The van der Waals surface area contributed by atoms with Crippen LogP contribution in [-0.4, -0.2) is 48.1 Å². The number of anilines is 1. The molecule has 0 bridgehead atoms. The first kappa shape index (κ1) is 32.0. The fourth-order valence-corrected chi connectivity index (χ4v) is 5.03. The van der Waals surface area contributed by atoms with Gasteiger partial charge in [-0.15, -0.1) is 0 Å². The molecule has 0 aliphatic heterocycles. The molecule has 5 rings (SSSR count). The van der Waals surface area contributed by atoms with Crippen LogP contribution >= 0.6 is 11.6 Å². The number of nitrogens with zero attached hydrogens (tertiary/aromatic N) is 3. The maximum Gasteiger partial charge on any atom is 0.162 e. The Kier molecular flexibility index (Phi) is 11.8. The van der Waals surface area contributed by atoms with Gasteiger partial charge >= 0.3 is 0 Å². The first-order valence-corrected chi connectivity index (χ1v) is 15.7. The average molecular weight is 622 g/mol. The van der Waals surface area contributed by atoms with Crippen LogP contribution in [0.2, 0.25) is 5.02 Å². The quantitative estimate of drug-likeness (QED) is 0.109. The summed E-state index contributed by atoms with van der Waals surface area (Å²) in [6.45, 7) is 4.36. The number of fused-ring (bicyclic) bond motifs is 1. The molecule has 8 heteroatoms. The van der Waals surface area contributed by atoms with Crippen LogP contribution < -0.4 is 20.5 Å². The molecule has 4 aromatic carbocycles. The number of rotatable bonds is 16. The van der Waals surface area contributed by atoms with E-state index in [-0.39, 0.29) is 0 Å². The van der Waals surface area contributed by atoms with E-state index in [1.807, 2.05) is 109 Å². The van der Waals surface area contributed by atoms with E-state index in [0.29, 0.717) is 42.1 Å². The number of nitrogens with one attached hydrogen (secondary N) is 1. The molecule has 0 saturated carbocycles. The van der Waals surface area contributed by atoms with Crippen LogP contribution in [0.25, 0.3) is 23.1 Å². The summed E-state index contributed by atoms with van der Waals surface area (Å²) in [7, 11) is 2.13. The molecular formula is C37H40ClN5O2. The minimum absolute atomic E-state index is 0.433. The van der Waals surface area contributed by atoms with Crippen LogP contribution in [-0.2, 0) is 13.2 Å². The number of halogens is 1. The first-order chi connectivity index (χ1) is 22.1. The summed E-state index contributed by atoms with van der Waals surface area (Å²) >= 11 is 6.33. The van der Waals surface area contributed by atoms with Gasteiger partial charge in [0, 0.05) is 17.0 Å². The smallest absolute Gasteiger partial charge is 0.162 e. The van der Waals surface area contributed by atoms with Crippen molar-refractivity contribution in [3.05, 3.63) is 125 Å². The van der Waals surface area contributed by atoms with Crippen molar-refractivity contribution in [1.29, 1.82) is 0 Å². The van der Waals surface area contributed by atoms with Crippen molar-refractivity contribution in [2.24, 2.45) is 5.73 Å². The van der Waals surface area contributed by atoms with Gasteiger partial charge in [0.15, 0.2) is 17.3 Å². The van der Waals surface area contributed by atoms with Crippen LogP contribution in [0.4, 0.5) is 5.82 Å². The highest BCUT2D eigenvalue weighted by atomic mass is 35.5. The van der Waals surface area contributed by atoms with Gasteiger partial charge in [-0.1, -0.05) is 84.4 Å².